The van der Waals surface area contributed by atoms with E-state index in [-0.39, 0.29) is 5.82 Å². The Morgan fingerprint density at radius 2 is 2.00 bits per heavy atom. The SMILES string of the molecule is Cc1ccc(Br)cc1C(O)Cc1ccc(F)cc1Cl. The zero-order valence-electron chi connectivity index (χ0n) is 10.3. The van der Waals surface area contributed by atoms with E-state index in [2.05, 4.69) is 15.9 Å². The van der Waals surface area contributed by atoms with Crippen molar-refractivity contribution in [3.8, 4) is 0 Å². The molecule has 1 nitrogen and oxygen atoms in total. The second-order valence-corrected chi connectivity index (χ2v) is 5.78. The number of hydrogen-bond donors (Lipinski definition) is 1. The third kappa shape index (κ3) is 3.56. The van der Waals surface area contributed by atoms with E-state index < -0.39 is 6.10 Å². The highest BCUT2D eigenvalue weighted by Gasteiger charge is 2.14. The van der Waals surface area contributed by atoms with Gasteiger partial charge in [0.25, 0.3) is 0 Å². The summed E-state index contributed by atoms with van der Waals surface area (Å²) < 4.78 is 13.9. The number of rotatable bonds is 3. The molecule has 0 bridgehead atoms. The molecule has 0 aliphatic rings. The second-order valence-electron chi connectivity index (χ2n) is 4.46. The van der Waals surface area contributed by atoms with E-state index in [0.29, 0.717) is 11.4 Å². The lowest BCUT2D eigenvalue weighted by Gasteiger charge is -2.15. The number of aliphatic hydroxyl groups is 1. The van der Waals surface area contributed by atoms with Crippen LogP contribution in [0.1, 0.15) is 22.8 Å². The summed E-state index contributed by atoms with van der Waals surface area (Å²) in [6.07, 6.45) is -0.309. The van der Waals surface area contributed by atoms with Gasteiger partial charge in [0.1, 0.15) is 5.82 Å². The number of halogens is 3. The summed E-state index contributed by atoms with van der Waals surface area (Å²) in [6.45, 7) is 1.94. The molecule has 100 valence electrons. The van der Waals surface area contributed by atoms with Crippen LogP contribution in [0.5, 0.6) is 0 Å². The Balaban J connectivity index is 2.25. The maximum atomic E-state index is 13.0. The van der Waals surface area contributed by atoms with Gasteiger partial charge in [-0.25, -0.2) is 4.39 Å². The Kier molecular flexibility index (Phi) is 4.61. The van der Waals surface area contributed by atoms with Gasteiger partial charge in [-0.3, -0.25) is 0 Å². The van der Waals surface area contributed by atoms with E-state index in [1.165, 1.54) is 12.1 Å². The molecule has 1 atom stereocenters. The van der Waals surface area contributed by atoms with Crippen LogP contribution in [-0.2, 0) is 6.42 Å². The third-order valence-corrected chi connectivity index (χ3v) is 3.87. The molecule has 1 unspecified atom stereocenters. The van der Waals surface area contributed by atoms with Gasteiger partial charge in [-0.1, -0.05) is 39.7 Å². The molecular weight excluding hydrogens is 331 g/mol. The van der Waals surface area contributed by atoms with E-state index in [9.17, 15) is 9.50 Å². The van der Waals surface area contributed by atoms with Crippen molar-refractivity contribution < 1.29 is 9.50 Å². The first-order valence-corrected chi connectivity index (χ1v) is 7.02. The molecule has 0 aromatic heterocycles. The van der Waals surface area contributed by atoms with Crippen LogP contribution in [0.4, 0.5) is 4.39 Å². The Bertz CT molecular complexity index is 601. The zero-order valence-corrected chi connectivity index (χ0v) is 12.7. The molecule has 2 aromatic rings. The van der Waals surface area contributed by atoms with Crippen LogP contribution in [0.2, 0.25) is 5.02 Å². The fourth-order valence-corrected chi connectivity index (χ4v) is 2.60. The molecule has 4 heteroatoms. The highest BCUT2D eigenvalue weighted by molar-refractivity contribution is 9.10. The van der Waals surface area contributed by atoms with Crippen LogP contribution >= 0.6 is 27.5 Å². The highest BCUT2D eigenvalue weighted by Crippen LogP contribution is 2.27. The fourth-order valence-electron chi connectivity index (χ4n) is 1.98. The van der Waals surface area contributed by atoms with Crippen molar-refractivity contribution in [1.29, 1.82) is 0 Å². The van der Waals surface area contributed by atoms with Gasteiger partial charge in [-0.05, 0) is 47.9 Å². The first kappa shape index (κ1) is 14.5. The van der Waals surface area contributed by atoms with E-state index in [4.69, 9.17) is 11.6 Å². The summed E-state index contributed by atoms with van der Waals surface area (Å²) in [4.78, 5) is 0. The first-order chi connectivity index (χ1) is 8.97. The van der Waals surface area contributed by atoms with Crippen LogP contribution in [-0.4, -0.2) is 5.11 Å². The van der Waals surface area contributed by atoms with Crippen molar-refractivity contribution in [3.05, 3.63) is 68.4 Å². The van der Waals surface area contributed by atoms with Gasteiger partial charge in [0.2, 0.25) is 0 Å². The molecule has 0 spiro atoms. The lowest BCUT2D eigenvalue weighted by atomic mass is 9.98. The number of aryl methyl sites for hydroxylation is 1. The molecule has 0 aliphatic heterocycles. The minimum absolute atomic E-state index is 0.340. The quantitative estimate of drug-likeness (QED) is 0.846. The molecule has 0 heterocycles. The average Bonchev–Trinajstić information content (AvgIpc) is 2.35. The van der Waals surface area contributed by atoms with Crippen molar-refractivity contribution >= 4 is 27.5 Å². The van der Waals surface area contributed by atoms with Gasteiger partial charge in [0.05, 0.1) is 6.10 Å². The van der Waals surface area contributed by atoms with Crippen molar-refractivity contribution in [2.24, 2.45) is 0 Å². The summed E-state index contributed by atoms with van der Waals surface area (Å²) in [5.74, 6) is -0.373. The van der Waals surface area contributed by atoms with Gasteiger partial charge in [0.15, 0.2) is 0 Å². The summed E-state index contributed by atoms with van der Waals surface area (Å²) in [5, 5.41) is 10.6. The Morgan fingerprint density at radius 1 is 1.26 bits per heavy atom. The van der Waals surface area contributed by atoms with Crippen molar-refractivity contribution in [3.63, 3.8) is 0 Å². The summed E-state index contributed by atoms with van der Waals surface area (Å²) in [7, 11) is 0. The number of benzene rings is 2. The van der Waals surface area contributed by atoms with Gasteiger partial charge in [-0.15, -0.1) is 0 Å². The van der Waals surface area contributed by atoms with Crippen LogP contribution < -0.4 is 0 Å². The Morgan fingerprint density at radius 3 is 2.68 bits per heavy atom. The predicted molar refractivity (Wildman–Crippen MR) is 79.0 cm³/mol. The second kappa shape index (κ2) is 6.04. The molecule has 1 N–H and O–H groups in total. The maximum Gasteiger partial charge on any atom is 0.124 e. The Labute approximate surface area is 125 Å². The molecule has 0 radical (unpaired) electrons. The summed E-state index contributed by atoms with van der Waals surface area (Å²) >= 11 is 9.36. The molecule has 0 saturated heterocycles. The topological polar surface area (TPSA) is 20.2 Å². The lowest BCUT2D eigenvalue weighted by Crippen LogP contribution is -2.04. The van der Waals surface area contributed by atoms with E-state index >= 15 is 0 Å². The van der Waals surface area contributed by atoms with Crippen LogP contribution in [0.15, 0.2) is 40.9 Å². The molecule has 2 rings (SSSR count). The minimum Gasteiger partial charge on any atom is -0.388 e. The lowest BCUT2D eigenvalue weighted by molar-refractivity contribution is 0.177. The maximum absolute atomic E-state index is 13.0. The molecule has 0 saturated carbocycles. The van der Waals surface area contributed by atoms with Crippen LogP contribution in [0.3, 0.4) is 0 Å². The van der Waals surface area contributed by atoms with Crippen molar-refractivity contribution in [2.75, 3.05) is 0 Å². The van der Waals surface area contributed by atoms with Crippen LogP contribution in [0, 0.1) is 12.7 Å². The van der Waals surface area contributed by atoms with Gasteiger partial charge < -0.3 is 5.11 Å². The predicted octanol–water partition coefficient (Wildman–Crippen LogP) is 4.83. The molecule has 0 amide bonds. The molecule has 19 heavy (non-hydrogen) atoms. The molecular formula is C15H13BrClFO. The van der Waals surface area contributed by atoms with E-state index in [0.717, 1.165) is 21.2 Å². The fraction of sp³-hybridized carbons (Fsp3) is 0.200. The first-order valence-electron chi connectivity index (χ1n) is 5.85. The molecule has 2 aromatic carbocycles. The van der Waals surface area contributed by atoms with Crippen LogP contribution in [0.25, 0.3) is 0 Å². The zero-order chi connectivity index (χ0) is 14.0. The normalized spacial score (nSPS) is 12.5. The molecule has 0 aliphatic carbocycles. The average molecular weight is 344 g/mol. The monoisotopic (exact) mass is 342 g/mol. The Hall–Kier alpha value is -0.900. The smallest absolute Gasteiger partial charge is 0.124 e. The van der Waals surface area contributed by atoms with Gasteiger partial charge in [0, 0.05) is 15.9 Å². The van der Waals surface area contributed by atoms with E-state index in [1.807, 2.05) is 25.1 Å². The molecule has 0 fully saturated rings. The summed E-state index contributed by atoms with van der Waals surface area (Å²) in [5.41, 5.74) is 2.58. The summed E-state index contributed by atoms with van der Waals surface area (Å²) in [6, 6.07) is 9.97. The van der Waals surface area contributed by atoms with Crippen molar-refractivity contribution in [1.82, 2.24) is 0 Å². The highest BCUT2D eigenvalue weighted by atomic mass is 79.9. The number of hydrogen-bond acceptors (Lipinski definition) is 1. The van der Waals surface area contributed by atoms with Gasteiger partial charge >= 0.3 is 0 Å². The third-order valence-electron chi connectivity index (χ3n) is 3.03. The van der Waals surface area contributed by atoms with Crippen molar-refractivity contribution in [2.45, 2.75) is 19.4 Å². The van der Waals surface area contributed by atoms with Gasteiger partial charge in [-0.2, -0.15) is 0 Å². The standard InChI is InChI=1S/C15H13BrClFO/c1-9-2-4-11(16)7-13(9)15(19)6-10-3-5-12(18)8-14(10)17/h2-5,7-8,15,19H,6H2,1H3. The largest absolute Gasteiger partial charge is 0.388 e. The van der Waals surface area contributed by atoms with E-state index in [1.54, 1.807) is 6.07 Å². The minimum atomic E-state index is -0.666. The number of aliphatic hydroxyl groups excluding tert-OH is 1.